The topological polar surface area (TPSA) is 43.8 Å². The maximum absolute atomic E-state index is 6.44. The van der Waals surface area contributed by atoms with E-state index in [0.717, 1.165) is 37.1 Å². The lowest BCUT2D eigenvalue weighted by Gasteiger charge is -2.54. The van der Waals surface area contributed by atoms with Crippen molar-refractivity contribution in [3.8, 4) is 0 Å². The second kappa shape index (κ2) is 6.34. The standard InChI is InChI=1S/C24H40N3/c1-16-7-8-20-18(14-25)19(9-12-24(16,20)6)23(5)11-10-21-17(13-23)15-26-27(21)22(2,3)4/h11,15-16,18-20H,7-10,12-14,25H2,1-6H3/t16-,18-,19-,20-,23+,24+/m0/s1. The molecular formula is C24H40N3. The third-order valence-corrected chi connectivity index (χ3v) is 8.95. The molecule has 3 aliphatic carbocycles. The minimum atomic E-state index is 0.0571. The van der Waals surface area contributed by atoms with Gasteiger partial charge in [0.1, 0.15) is 0 Å². The molecular weight excluding hydrogens is 330 g/mol. The van der Waals surface area contributed by atoms with Gasteiger partial charge in [-0.15, -0.1) is 0 Å². The molecule has 1 heterocycles. The van der Waals surface area contributed by atoms with Crippen molar-refractivity contribution in [2.24, 2.45) is 40.2 Å². The van der Waals surface area contributed by atoms with Gasteiger partial charge in [0, 0.05) is 5.69 Å². The first-order valence-electron chi connectivity index (χ1n) is 11.2. The fourth-order valence-corrected chi connectivity index (χ4v) is 7.14. The highest BCUT2D eigenvalue weighted by Gasteiger charge is 2.55. The lowest BCUT2D eigenvalue weighted by Crippen LogP contribution is -2.50. The number of hydrogen-bond donors (Lipinski definition) is 1. The van der Waals surface area contributed by atoms with Crippen molar-refractivity contribution < 1.29 is 0 Å². The molecule has 2 N–H and O–H groups in total. The molecule has 0 aromatic carbocycles. The van der Waals surface area contributed by atoms with E-state index in [4.69, 9.17) is 10.8 Å². The van der Waals surface area contributed by atoms with E-state index >= 15 is 0 Å². The van der Waals surface area contributed by atoms with Crippen molar-refractivity contribution in [3.63, 3.8) is 0 Å². The van der Waals surface area contributed by atoms with E-state index < -0.39 is 0 Å². The predicted octanol–water partition coefficient (Wildman–Crippen LogP) is 4.98. The Labute approximate surface area is 166 Å². The van der Waals surface area contributed by atoms with Crippen LogP contribution in [0.4, 0.5) is 0 Å². The highest BCUT2D eigenvalue weighted by atomic mass is 15.3. The van der Waals surface area contributed by atoms with E-state index in [0.29, 0.717) is 11.3 Å². The molecule has 3 nitrogen and oxygen atoms in total. The summed E-state index contributed by atoms with van der Waals surface area (Å²) in [6, 6.07) is 0. The molecule has 0 amide bonds. The third-order valence-electron chi connectivity index (χ3n) is 8.95. The largest absolute Gasteiger partial charge is 0.330 e. The number of nitrogens with zero attached hydrogens (tertiary/aromatic N) is 2. The van der Waals surface area contributed by atoms with Crippen molar-refractivity contribution in [1.29, 1.82) is 0 Å². The van der Waals surface area contributed by atoms with Gasteiger partial charge in [0.05, 0.1) is 11.7 Å². The van der Waals surface area contributed by atoms with Gasteiger partial charge in [-0.3, -0.25) is 4.68 Å². The molecule has 4 rings (SSSR count). The highest BCUT2D eigenvalue weighted by Crippen LogP contribution is 2.62. The maximum atomic E-state index is 6.44. The lowest BCUT2D eigenvalue weighted by molar-refractivity contribution is -0.0242. The van der Waals surface area contributed by atoms with Gasteiger partial charge >= 0.3 is 0 Å². The first-order chi connectivity index (χ1) is 12.6. The molecule has 0 unspecified atom stereocenters. The fourth-order valence-electron chi connectivity index (χ4n) is 7.14. The Morgan fingerprint density at radius 1 is 1.19 bits per heavy atom. The van der Waals surface area contributed by atoms with Gasteiger partial charge in [-0.1, -0.05) is 20.8 Å². The molecule has 1 radical (unpaired) electrons. The van der Waals surface area contributed by atoms with E-state index in [1.54, 1.807) is 0 Å². The molecule has 2 saturated carbocycles. The Hall–Kier alpha value is -0.830. The first kappa shape index (κ1) is 19.5. The summed E-state index contributed by atoms with van der Waals surface area (Å²) in [5, 5.41) is 4.77. The van der Waals surface area contributed by atoms with Gasteiger partial charge in [-0.05, 0) is 112 Å². The van der Waals surface area contributed by atoms with Crippen LogP contribution < -0.4 is 5.73 Å². The fraction of sp³-hybridized carbons (Fsp3) is 0.833. The second-order valence-corrected chi connectivity index (χ2v) is 11.4. The quantitative estimate of drug-likeness (QED) is 0.797. The highest BCUT2D eigenvalue weighted by molar-refractivity contribution is 5.29. The van der Waals surface area contributed by atoms with E-state index in [9.17, 15) is 0 Å². The monoisotopic (exact) mass is 370 g/mol. The zero-order valence-corrected chi connectivity index (χ0v) is 18.4. The first-order valence-corrected chi connectivity index (χ1v) is 11.2. The van der Waals surface area contributed by atoms with Crippen LogP contribution in [0.15, 0.2) is 6.20 Å². The molecule has 27 heavy (non-hydrogen) atoms. The molecule has 151 valence electrons. The summed E-state index contributed by atoms with van der Waals surface area (Å²) in [5.41, 5.74) is 10.2. The predicted molar refractivity (Wildman–Crippen MR) is 112 cm³/mol. The molecule has 0 saturated heterocycles. The van der Waals surface area contributed by atoms with E-state index in [-0.39, 0.29) is 11.0 Å². The number of rotatable bonds is 2. The Bertz CT molecular complexity index is 699. The summed E-state index contributed by atoms with van der Waals surface area (Å²) in [4.78, 5) is 0. The van der Waals surface area contributed by atoms with E-state index in [1.807, 2.05) is 0 Å². The molecule has 0 spiro atoms. The summed E-state index contributed by atoms with van der Waals surface area (Å²) < 4.78 is 2.25. The van der Waals surface area contributed by atoms with Gasteiger partial charge in [0.25, 0.3) is 0 Å². The minimum absolute atomic E-state index is 0.0571. The van der Waals surface area contributed by atoms with Gasteiger partial charge in [-0.25, -0.2) is 0 Å². The van der Waals surface area contributed by atoms with Crippen LogP contribution in [-0.2, 0) is 18.4 Å². The molecule has 1 aromatic rings. The van der Waals surface area contributed by atoms with Crippen LogP contribution in [-0.4, -0.2) is 16.3 Å². The molecule has 0 aliphatic heterocycles. The molecule has 1 aromatic heterocycles. The Morgan fingerprint density at radius 3 is 2.59 bits per heavy atom. The number of hydrogen-bond acceptors (Lipinski definition) is 2. The second-order valence-electron chi connectivity index (χ2n) is 11.4. The smallest absolute Gasteiger partial charge is 0.0546 e. The molecule has 2 fully saturated rings. The van der Waals surface area contributed by atoms with Crippen molar-refractivity contribution in [2.75, 3.05) is 6.54 Å². The molecule has 0 bridgehead atoms. The van der Waals surface area contributed by atoms with Crippen molar-refractivity contribution >= 4 is 0 Å². The zero-order chi connectivity index (χ0) is 19.6. The molecule has 3 aliphatic rings. The Balaban J connectivity index is 1.61. The van der Waals surface area contributed by atoms with Crippen LogP contribution in [0, 0.1) is 40.9 Å². The lowest BCUT2D eigenvalue weighted by atomic mass is 9.51. The third kappa shape index (κ3) is 2.91. The summed E-state index contributed by atoms with van der Waals surface area (Å²) in [5.74, 6) is 3.07. The normalized spacial score (nSPS) is 42.0. The zero-order valence-electron chi connectivity index (χ0n) is 18.4. The van der Waals surface area contributed by atoms with Gasteiger partial charge in [0.15, 0.2) is 0 Å². The maximum Gasteiger partial charge on any atom is 0.0546 e. The van der Waals surface area contributed by atoms with Crippen molar-refractivity contribution in [1.82, 2.24) is 9.78 Å². The molecule has 3 heteroatoms. The van der Waals surface area contributed by atoms with Crippen molar-refractivity contribution in [2.45, 2.75) is 85.6 Å². The van der Waals surface area contributed by atoms with Crippen LogP contribution in [0.3, 0.4) is 0 Å². The van der Waals surface area contributed by atoms with Gasteiger partial charge < -0.3 is 5.73 Å². The average Bonchev–Trinajstić information content (AvgIpc) is 3.14. The van der Waals surface area contributed by atoms with Crippen LogP contribution in [0.5, 0.6) is 0 Å². The summed E-state index contributed by atoms with van der Waals surface area (Å²) in [7, 11) is 0. The summed E-state index contributed by atoms with van der Waals surface area (Å²) in [6.45, 7) is 15.2. The van der Waals surface area contributed by atoms with E-state index in [1.165, 1.54) is 36.9 Å². The number of aromatic nitrogens is 2. The van der Waals surface area contributed by atoms with E-state index in [2.05, 4.69) is 58.8 Å². The van der Waals surface area contributed by atoms with Crippen LogP contribution in [0.2, 0.25) is 0 Å². The average molecular weight is 371 g/mol. The van der Waals surface area contributed by atoms with Gasteiger partial charge in [0.2, 0.25) is 0 Å². The Morgan fingerprint density at radius 2 is 1.93 bits per heavy atom. The number of fused-ring (bicyclic) bond motifs is 2. The minimum Gasteiger partial charge on any atom is -0.330 e. The number of nitrogens with two attached hydrogens (primary N) is 1. The SMILES string of the molecule is C[C@H]1CC[C@H]2[C@@H](CN)[C@@H]([C@]3(C)[CH]Cc4c(cnn4C(C)(C)C)C3)CC[C@]12C. The van der Waals surface area contributed by atoms with Gasteiger partial charge in [-0.2, -0.15) is 5.10 Å². The van der Waals surface area contributed by atoms with Crippen LogP contribution in [0.25, 0.3) is 0 Å². The van der Waals surface area contributed by atoms with Crippen LogP contribution in [0.1, 0.15) is 78.5 Å². The summed E-state index contributed by atoms with van der Waals surface area (Å²) in [6.07, 6.45) is 12.5. The van der Waals surface area contributed by atoms with Crippen LogP contribution >= 0.6 is 0 Å². The Kier molecular flexibility index (Phi) is 4.57. The summed E-state index contributed by atoms with van der Waals surface area (Å²) >= 11 is 0. The van der Waals surface area contributed by atoms with Crippen molar-refractivity contribution in [3.05, 3.63) is 23.9 Å². The molecule has 6 atom stereocenters.